The van der Waals surface area contributed by atoms with E-state index in [1.165, 1.54) is 4.68 Å². The lowest BCUT2D eigenvalue weighted by Gasteiger charge is -2.16. The van der Waals surface area contributed by atoms with Crippen LogP contribution in [-0.4, -0.2) is 25.9 Å². The van der Waals surface area contributed by atoms with Crippen LogP contribution in [0.25, 0.3) is 21.9 Å². The number of carbonyl (C=O) groups excluding carboxylic acids is 1. The summed E-state index contributed by atoms with van der Waals surface area (Å²) in [5, 5.41) is 9.35. The van der Waals surface area contributed by atoms with E-state index in [2.05, 4.69) is 33.5 Å². The molecule has 0 saturated heterocycles. The van der Waals surface area contributed by atoms with Crippen molar-refractivity contribution in [3.63, 3.8) is 0 Å². The Morgan fingerprint density at radius 3 is 2.57 bits per heavy atom. The molecule has 136 valence electrons. The number of carbonyl (C=O) groups is 1. The van der Waals surface area contributed by atoms with Gasteiger partial charge in [0, 0.05) is 29.4 Å². The first-order valence-electron chi connectivity index (χ1n) is 9.26. The van der Waals surface area contributed by atoms with Gasteiger partial charge in [-0.1, -0.05) is 65.9 Å². The first-order chi connectivity index (χ1) is 13.8. The molecule has 0 saturated carbocycles. The third-order valence-corrected chi connectivity index (χ3v) is 5.17. The molecule has 5 nitrogen and oxygen atoms in total. The zero-order valence-corrected chi connectivity index (χ0v) is 15.1. The molecule has 0 aliphatic heterocycles. The van der Waals surface area contributed by atoms with Crippen molar-refractivity contribution >= 4 is 27.8 Å². The largest absolute Gasteiger partial charge is 0.361 e. The van der Waals surface area contributed by atoms with Crippen LogP contribution < -0.4 is 0 Å². The number of hydrogen-bond acceptors (Lipinski definition) is 3. The standard InChI is InChI=1S/C23H18N4O/c28-23(27-22-13-7-6-12-21(22)25-26-27)14-18(16-8-2-1-3-9-16)19-15-24-20-11-5-4-10-17(19)20/h1-13,15,18,24H,14H2. The summed E-state index contributed by atoms with van der Waals surface area (Å²) >= 11 is 0. The second-order valence-electron chi connectivity index (χ2n) is 6.84. The number of benzene rings is 3. The third-order valence-electron chi connectivity index (χ3n) is 5.17. The highest BCUT2D eigenvalue weighted by Gasteiger charge is 2.23. The van der Waals surface area contributed by atoms with Crippen LogP contribution in [0.15, 0.2) is 85.1 Å². The topological polar surface area (TPSA) is 63.6 Å². The van der Waals surface area contributed by atoms with Gasteiger partial charge in [0.25, 0.3) is 0 Å². The average molecular weight is 366 g/mol. The van der Waals surface area contributed by atoms with Gasteiger partial charge in [-0.2, -0.15) is 4.68 Å². The maximum atomic E-state index is 13.2. The molecular formula is C23H18N4O. The van der Waals surface area contributed by atoms with Crippen LogP contribution in [0.1, 0.15) is 28.3 Å². The van der Waals surface area contributed by atoms with E-state index in [0.717, 1.165) is 33.1 Å². The van der Waals surface area contributed by atoms with Crippen LogP contribution in [0.3, 0.4) is 0 Å². The van der Waals surface area contributed by atoms with E-state index in [-0.39, 0.29) is 11.8 Å². The fourth-order valence-electron chi connectivity index (χ4n) is 3.79. The van der Waals surface area contributed by atoms with Crippen molar-refractivity contribution in [2.24, 2.45) is 0 Å². The highest BCUT2D eigenvalue weighted by Crippen LogP contribution is 2.33. The summed E-state index contributed by atoms with van der Waals surface area (Å²) in [5.74, 6) is -0.152. The molecule has 1 atom stereocenters. The Kier molecular flexibility index (Phi) is 3.98. The molecular weight excluding hydrogens is 348 g/mol. The van der Waals surface area contributed by atoms with E-state index >= 15 is 0 Å². The molecule has 0 fully saturated rings. The molecule has 28 heavy (non-hydrogen) atoms. The van der Waals surface area contributed by atoms with E-state index in [1.54, 1.807) is 0 Å². The summed E-state index contributed by atoms with van der Waals surface area (Å²) in [6, 6.07) is 25.8. The lowest BCUT2D eigenvalue weighted by molar-refractivity contribution is 0.0885. The number of para-hydroxylation sites is 2. The minimum Gasteiger partial charge on any atom is -0.361 e. The third kappa shape index (κ3) is 2.77. The molecule has 3 aromatic carbocycles. The molecule has 1 unspecified atom stereocenters. The smallest absolute Gasteiger partial charge is 0.249 e. The van der Waals surface area contributed by atoms with Crippen LogP contribution in [0, 0.1) is 0 Å². The molecule has 0 radical (unpaired) electrons. The Balaban J connectivity index is 1.58. The number of aromatic amines is 1. The fourth-order valence-corrected chi connectivity index (χ4v) is 3.79. The second kappa shape index (κ2) is 6.78. The summed E-state index contributed by atoms with van der Waals surface area (Å²) in [6.45, 7) is 0. The van der Waals surface area contributed by atoms with Gasteiger partial charge in [0.2, 0.25) is 5.91 Å². The van der Waals surface area contributed by atoms with Gasteiger partial charge in [0.05, 0.1) is 5.52 Å². The summed E-state index contributed by atoms with van der Waals surface area (Å²) in [5.41, 5.74) is 4.74. The zero-order valence-electron chi connectivity index (χ0n) is 15.1. The van der Waals surface area contributed by atoms with Crippen LogP contribution in [0.2, 0.25) is 0 Å². The zero-order chi connectivity index (χ0) is 18.9. The molecule has 0 aliphatic carbocycles. The minimum absolute atomic E-state index is 0.0761. The maximum Gasteiger partial charge on any atom is 0.249 e. The lowest BCUT2D eigenvalue weighted by Crippen LogP contribution is -2.17. The Hall–Kier alpha value is -3.73. The Labute approximate surface area is 161 Å². The van der Waals surface area contributed by atoms with Crippen molar-refractivity contribution in [1.82, 2.24) is 20.0 Å². The predicted octanol–water partition coefficient (Wildman–Crippen LogP) is 4.78. The molecule has 5 aromatic rings. The van der Waals surface area contributed by atoms with Crippen LogP contribution >= 0.6 is 0 Å². The van der Waals surface area contributed by atoms with Gasteiger partial charge >= 0.3 is 0 Å². The van der Waals surface area contributed by atoms with Crippen molar-refractivity contribution < 1.29 is 4.79 Å². The summed E-state index contributed by atoms with van der Waals surface area (Å²) in [4.78, 5) is 16.5. The summed E-state index contributed by atoms with van der Waals surface area (Å²) < 4.78 is 1.42. The number of aromatic nitrogens is 4. The van der Waals surface area contributed by atoms with Crippen molar-refractivity contribution in [1.29, 1.82) is 0 Å². The highest BCUT2D eigenvalue weighted by molar-refractivity contribution is 5.90. The van der Waals surface area contributed by atoms with Crippen molar-refractivity contribution in [3.8, 4) is 0 Å². The number of hydrogen-bond donors (Lipinski definition) is 1. The molecule has 5 rings (SSSR count). The van der Waals surface area contributed by atoms with Crippen molar-refractivity contribution in [3.05, 3.63) is 96.2 Å². The Morgan fingerprint density at radius 1 is 0.929 bits per heavy atom. The van der Waals surface area contributed by atoms with Gasteiger partial charge in [-0.05, 0) is 29.3 Å². The number of nitrogens with zero attached hydrogens (tertiary/aromatic N) is 3. The number of fused-ring (bicyclic) bond motifs is 2. The van der Waals surface area contributed by atoms with Crippen LogP contribution in [-0.2, 0) is 0 Å². The Morgan fingerprint density at radius 2 is 1.68 bits per heavy atom. The number of H-pyrrole nitrogens is 1. The van der Waals surface area contributed by atoms with Gasteiger partial charge in [-0.25, -0.2) is 0 Å². The van der Waals surface area contributed by atoms with Gasteiger partial charge in [-0.3, -0.25) is 4.79 Å². The van der Waals surface area contributed by atoms with Crippen LogP contribution in [0.4, 0.5) is 0 Å². The average Bonchev–Trinajstić information content (AvgIpc) is 3.37. The molecule has 0 spiro atoms. The molecule has 5 heteroatoms. The molecule has 0 aliphatic rings. The molecule has 1 N–H and O–H groups in total. The van der Waals surface area contributed by atoms with Gasteiger partial charge in [-0.15, -0.1) is 5.10 Å². The van der Waals surface area contributed by atoms with E-state index in [4.69, 9.17) is 0 Å². The maximum absolute atomic E-state index is 13.2. The fraction of sp³-hybridized carbons (Fsp3) is 0.0870. The van der Waals surface area contributed by atoms with Gasteiger partial charge in [0.1, 0.15) is 5.52 Å². The molecule has 0 bridgehead atoms. The van der Waals surface area contributed by atoms with Crippen molar-refractivity contribution in [2.75, 3.05) is 0 Å². The quantitative estimate of drug-likeness (QED) is 0.498. The summed E-state index contributed by atoms with van der Waals surface area (Å²) in [7, 11) is 0. The van der Waals surface area contributed by atoms with Gasteiger partial charge in [0.15, 0.2) is 0 Å². The van der Waals surface area contributed by atoms with E-state index in [0.29, 0.717) is 6.42 Å². The minimum atomic E-state index is -0.0761. The van der Waals surface area contributed by atoms with E-state index in [9.17, 15) is 4.79 Å². The predicted molar refractivity (Wildman–Crippen MR) is 109 cm³/mol. The first-order valence-corrected chi connectivity index (χ1v) is 9.26. The molecule has 2 aromatic heterocycles. The highest BCUT2D eigenvalue weighted by atomic mass is 16.2. The number of rotatable bonds is 4. The SMILES string of the molecule is O=C(CC(c1ccccc1)c1c[nH]c2ccccc12)n1nnc2ccccc21. The summed E-state index contributed by atoms with van der Waals surface area (Å²) in [6.07, 6.45) is 2.31. The monoisotopic (exact) mass is 366 g/mol. The lowest BCUT2D eigenvalue weighted by atomic mass is 9.88. The molecule has 2 heterocycles. The Bertz CT molecular complexity index is 1270. The van der Waals surface area contributed by atoms with Crippen LogP contribution in [0.5, 0.6) is 0 Å². The second-order valence-corrected chi connectivity index (χ2v) is 6.84. The van der Waals surface area contributed by atoms with Crippen molar-refractivity contribution in [2.45, 2.75) is 12.3 Å². The normalized spacial score (nSPS) is 12.4. The van der Waals surface area contributed by atoms with Gasteiger partial charge < -0.3 is 4.98 Å². The molecule has 0 amide bonds. The van der Waals surface area contributed by atoms with E-state index in [1.807, 2.05) is 66.9 Å². The first kappa shape index (κ1) is 16.4. The van der Waals surface area contributed by atoms with E-state index < -0.39 is 0 Å². The number of nitrogens with one attached hydrogen (secondary N) is 1.